The highest BCUT2D eigenvalue weighted by molar-refractivity contribution is 5.87. The van der Waals surface area contributed by atoms with E-state index in [2.05, 4.69) is 26.0 Å². The predicted octanol–water partition coefficient (Wildman–Crippen LogP) is -0.0191. The molecule has 1 aromatic carbocycles. The van der Waals surface area contributed by atoms with Crippen molar-refractivity contribution in [2.75, 3.05) is 6.54 Å². The second-order valence-electron chi connectivity index (χ2n) is 4.69. The van der Waals surface area contributed by atoms with Gasteiger partial charge in [-0.05, 0) is 19.1 Å². The first-order valence-corrected chi connectivity index (χ1v) is 7.00. The van der Waals surface area contributed by atoms with Crippen LogP contribution in [0.4, 0.5) is 0 Å². The molecule has 1 heterocycles. The van der Waals surface area contributed by atoms with Crippen LogP contribution >= 0.6 is 0 Å². The van der Waals surface area contributed by atoms with Gasteiger partial charge < -0.3 is 10.6 Å². The monoisotopic (exact) mass is 302 g/mol. The maximum atomic E-state index is 11.9. The van der Waals surface area contributed by atoms with Gasteiger partial charge in [-0.1, -0.05) is 30.3 Å². The normalized spacial score (nSPS) is 11.7. The number of carbonyl (C=O) groups excluding carboxylic acids is 2. The lowest BCUT2D eigenvalue weighted by Gasteiger charge is -2.12. The first-order chi connectivity index (χ1) is 10.6. The first kappa shape index (κ1) is 15.6. The number of hydrogen-bond acceptors (Lipinski definition) is 5. The van der Waals surface area contributed by atoms with E-state index in [1.54, 1.807) is 6.92 Å². The Morgan fingerprint density at radius 3 is 2.68 bits per heavy atom. The summed E-state index contributed by atoms with van der Waals surface area (Å²) < 4.78 is 0. The fourth-order valence-electron chi connectivity index (χ4n) is 1.82. The Labute approximate surface area is 127 Å². The standard InChI is InChI=1S/C14H18N6O2/c1-3-15-14(22)10(2)16-12(21)9-20-18-13(17-19-20)11-7-5-4-6-8-11/h4-8,10H,3,9H2,1-2H3,(H,15,22)(H,16,21)/t10-/m1/s1. The van der Waals surface area contributed by atoms with Crippen LogP contribution in [0.25, 0.3) is 11.4 Å². The minimum absolute atomic E-state index is 0.0937. The molecular weight excluding hydrogens is 284 g/mol. The highest BCUT2D eigenvalue weighted by Gasteiger charge is 2.16. The summed E-state index contributed by atoms with van der Waals surface area (Å²) in [6.45, 7) is 3.86. The lowest BCUT2D eigenvalue weighted by molar-refractivity contribution is -0.129. The molecule has 0 radical (unpaired) electrons. The summed E-state index contributed by atoms with van der Waals surface area (Å²) in [6, 6.07) is 8.75. The van der Waals surface area contributed by atoms with Gasteiger partial charge in [0.15, 0.2) is 0 Å². The minimum Gasteiger partial charge on any atom is -0.355 e. The lowest BCUT2D eigenvalue weighted by atomic mass is 10.2. The Kier molecular flexibility index (Phi) is 5.18. The van der Waals surface area contributed by atoms with Crippen LogP contribution in [0.5, 0.6) is 0 Å². The van der Waals surface area contributed by atoms with Crippen LogP contribution in [0.15, 0.2) is 30.3 Å². The average molecular weight is 302 g/mol. The molecule has 0 bridgehead atoms. The van der Waals surface area contributed by atoms with E-state index in [0.29, 0.717) is 12.4 Å². The summed E-state index contributed by atoms with van der Waals surface area (Å²) in [7, 11) is 0. The third-order valence-corrected chi connectivity index (χ3v) is 2.89. The highest BCUT2D eigenvalue weighted by Crippen LogP contribution is 2.11. The molecular formula is C14H18N6O2. The number of aromatic nitrogens is 4. The van der Waals surface area contributed by atoms with E-state index < -0.39 is 6.04 Å². The Morgan fingerprint density at radius 2 is 2.00 bits per heavy atom. The van der Waals surface area contributed by atoms with Gasteiger partial charge in [0.2, 0.25) is 17.6 Å². The smallest absolute Gasteiger partial charge is 0.244 e. The molecule has 0 spiro atoms. The number of hydrogen-bond donors (Lipinski definition) is 2. The van der Waals surface area contributed by atoms with Crippen LogP contribution in [0.3, 0.4) is 0 Å². The third-order valence-electron chi connectivity index (χ3n) is 2.89. The van der Waals surface area contributed by atoms with Gasteiger partial charge in [0.1, 0.15) is 12.6 Å². The van der Waals surface area contributed by atoms with Crippen molar-refractivity contribution in [2.24, 2.45) is 0 Å². The zero-order valence-electron chi connectivity index (χ0n) is 12.5. The summed E-state index contributed by atoms with van der Waals surface area (Å²) in [5.74, 6) is -0.131. The van der Waals surface area contributed by atoms with Gasteiger partial charge in [-0.2, -0.15) is 4.80 Å². The van der Waals surface area contributed by atoms with E-state index in [1.165, 1.54) is 4.80 Å². The van der Waals surface area contributed by atoms with Crippen LogP contribution in [0.2, 0.25) is 0 Å². The van der Waals surface area contributed by atoms with Gasteiger partial charge in [0, 0.05) is 12.1 Å². The van der Waals surface area contributed by atoms with Crippen molar-refractivity contribution < 1.29 is 9.59 Å². The van der Waals surface area contributed by atoms with E-state index in [9.17, 15) is 9.59 Å². The van der Waals surface area contributed by atoms with Crippen molar-refractivity contribution in [3.05, 3.63) is 30.3 Å². The summed E-state index contributed by atoms with van der Waals surface area (Å²) in [5.41, 5.74) is 0.824. The number of likely N-dealkylation sites (N-methyl/N-ethyl adjacent to an activating group) is 1. The number of benzene rings is 1. The second kappa shape index (κ2) is 7.30. The van der Waals surface area contributed by atoms with E-state index in [1.807, 2.05) is 37.3 Å². The van der Waals surface area contributed by atoms with Crippen LogP contribution < -0.4 is 10.6 Å². The second-order valence-corrected chi connectivity index (χ2v) is 4.69. The van der Waals surface area contributed by atoms with Gasteiger partial charge >= 0.3 is 0 Å². The van der Waals surface area contributed by atoms with Gasteiger partial charge in [0.25, 0.3) is 0 Å². The maximum absolute atomic E-state index is 11.9. The first-order valence-electron chi connectivity index (χ1n) is 7.00. The molecule has 0 aliphatic carbocycles. The molecule has 2 rings (SSSR count). The Bertz CT molecular complexity index is 640. The molecule has 1 aromatic heterocycles. The van der Waals surface area contributed by atoms with E-state index in [0.717, 1.165) is 5.56 Å². The Balaban J connectivity index is 1.93. The van der Waals surface area contributed by atoms with E-state index in [4.69, 9.17) is 0 Å². The van der Waals surface area contributed by atoms with Crippen LogP contribution in [0, 0.1) is 0 Å². The van der Waals surface area contributed by atoms with Gasteiger partial charge in [-0.15, -0.1) is 10.2 Å². The number of nitrogens with zero attached hydrogens (tertiary/aromatic N) is 4. The molecule has 8 nitrogen and oxygen atoms in total. The molecule has 0 saturated heterocycles. The van der Waals surface area contributed by atoms with Gasteiger partial charge in [0.05, 0.1) is 0 Å². The summed E-state index contributed by atoms with van der Waals surface area (Å²) in [4.78, 5) is 24.6. The van der Waals surface area contributed by atoms with Gasteiger partial charge in [-0.25, -0.2) is 0 Å². The molecule has 0 fully saturated rings. The van der Waals surface area contributed by atoms with Crippen molar-refractivity contribution >= 4 is 11.8 Å². The molecule has 0 aliphatic rings. The molecule has 0 saturated carbocycles. The van der Waals surface area contributed by atoms with Crippen LogP contribution in [-0.4, -0.2) is 44.6 Å². The molecule has 1 atom stereocenters. The van der Waals surface area contributed by atoms with E-state index in [-0.39, 0.29) is 18.4 Å². The quantitative estimate of drug-likeness (QED) is 0.781. The number of tetrazole rings is 1. The van der Waals surface area contributed by atoms with Crippen molar-refractivity contribution in [3.8, 4) is 11.4 Å². The Hall–Kier alpha value is -2.77. The van der Waals surface area contributed by atoms with Crippen molar-refractivity contribution in [1.82, 2.24) is 30.8 Å². The molecule has 2 aromatic rings. The molecule has 116 valence electrons. The number of rotatable bonds is 6. The molecule has 2 N–H and O–H groups in total. The average Bonchev–Trinajstić information content (AvgIpc) is 2.96. The largest absolute Gasteiger partial charge is 0.355 e. The topological polar surface area (TPSA) is 102 Å². The summed E-state index contributed by atoms with van der Waals surface area (Å²) >= 11 is 0. The SMILES string of the molecule is CCNC(=O)[C@@H](C)NC(=O)Cn1nnc(-c2ccccc2)n1. The molecule has 22 heavy (non-hydrogen) atoms. The lowest BCUT2D eigenvalue weighted by Crippen LogP contribution is -2.45. The van der Waals surface area contributed by atoms with Crippen LogP contribution in [0.1, 0.15) is 13.8 Å². The van der Waals surface area contributed by atoms with Gasteiger partial charge in [-0.3, -0.25) is 9.59 Å². The van der Waals surface area contributed by atoms with E-state index >= 15 is 0 Å². The Morgan fingerprint density at radius 1 is 1.27 bits per heavy atom. The fraction of sp³-hybridized carbons (Fsp3) is 0.357. The van der Waals surface area contributed by atoms with Crippen molar-refractivity contribution in [2.45, 2.75) is 26.4 Å². The summed E-state index contributed by atoms with van der Waals surface area (Å²) in [5, 5.41) is 17.1. The highest BCUT2D eigenvalue weighted by atomic mass is 16.2. The third kappa shape index (κ3) is 4.11. The fourth-order valence-corrected chi connectivity index (χ4v) is 1.82. The van der Waals surface area contributed by atoms with Crippen LogP contribution in [-0.2, 0) is 16.1 Å². The number of nitrogens with one attached hydrogen (secondary N) is 2. The molecule has 0 aliphatic heterocycles. The van der Waals surface area contributed by atoms with Crippen molar-refractivity contribution in [3.63, 3.8) is 0 Å². The zero-order chi connectivity index (χ0) is 15.9. The summed E-state index contributed by atoms with van der Waals surface area (Å²) in [6.07, 6.45) is 0. The zero-order valence-corrected chi connectivity index (χ0v) is 12.5. The van der Waals surface area contributed by atoms with Crippen molar-refractivity contribution in [1.29, 1.82) is 0 Å². The molecule has 0 unspecified atom stereocenters. The maximum Gasteiger partial charge on any atom is 0.244 e. The number of amides is 2. The predicted molar refractivity (Wildman–Crippen MR) is 79.5 cm³/mol. The minimum atomic E-state index is -0.607. The number of carbonyl (C=O) groups is 2. The molecule has 8 heteroatoms. The molecule has 2 amide bonds.